The van der Waals surface area contributed by atoms with Crippen LogP contribution in [0.4, 0.5) is 11.8 Å². The monoisotopic (exact) mass is 525 g/mol. The first-order valence-corrected chi connectivity index (χ1v) is 14.0. The van der Waals surface area contributed by atoms with Gasteiger partial charge >= 0.3 is 0 Å². The van der Waals surface area contributed by atoms with Crippen molar-refractivity contribution in [2.45, 2.75) is 56.8 Å². The van der Waals surface area contributed by atoms with Crippen LogP contribution in [0.2, 0.25) is 0 Å². The third-order valence-corrected chi connectivity index (χ3v) is 8.57. The number of hydrogen-bond donors (Lipinski definition) is 2. The van der Waals surface area contributed by atoms with E-state index in [1.54, 1.807) is 4.68 Å². The Hall–Kier alpha value is -3.32. The number of carbonyl (C=O) groups excluding carboxylic acids is 1. The minimum Gasteiger partial charge on any atom is -0.381 e. The molecule has 3 aromatic heterocycles. The van der Waals surface area contributed by atoms with Gasteiger partial charge in [-0.1, -0.05) is 0 Å². The molecule has 0 aliphatic carbocycles. The first-order valence-electron chi connectivity index (χ1n) is 12.7. The molecule has 1 unspecified atom stereocenters. The average molecular weight is 526 g/mol. The van der Waals surface area contributed by atoms with Gasteiger partial charge in [-0.3, -0.25) is 13.7 Å². The molecule has 37 heavy (non-hydrogen) atoms. The SMILES string of the molecule is Cc1nn(C)cc1CNC(=O)c1cn2c(n1)CN(c1nc3c(c(NC4CCOCC4)n1)S(=O)CC3)CC2. The van der Waals surface area contributed by atoms with E-state index in [0.29, 0.717) is 69.0 Å². The van der Waals surface area contributed by atoms with Crippen molar-refractivity contribution in [3.8, 4) is 0 Å². The zero-order chi connectivity index (χ0) is 25.5. The summed E-state index contributed by atoms with van der Waals surface area (Å²) in [6, 6.07) is 0.245. The van der Waals surface area contributed by atoms with E-state index in [9.17, 15) is 9.00 Å². The highest BCUT2D eigenvalue weighted by atomic mass is 32.2. The summed E-state index contributed by atoms with van der Waals surface area (Å²) in [5.41, 5.74) is 3.13. The van der Waals surface area contributed by atoms with Gasteiger partial charge < -0.3 is 24.8 Å². The molecule has 196 valence electrons. The molecular formula is C24H31N9O3S. The van der Waals surface area contributed by atoms with Crippen LogP contribution in [-0.2, 0) is 48.6 Å². The lowest BCUT2D eigenvalue weighted by molar-refractivity contribution is 0.0903. The van der Waals surface area contributed by atoms with Gasteiger partial charge in [0.05, 0.1) is 28.7 Å². The molecule has 3 aliphatic rings. The van der Waals surface area contributed by atoms with Crippen LogP contribution < -0.4 is 15.5 Å². The number of nitrogens with one attached hydrogen (secondary N) is 2. The molecule has 1 fully saturated rings. The molecule has 1 saturated heterocycles. The van der Waals surface area contributed by atoms with Gasteiger partial charge in [0.1, 0.15) is 22.2 Å². The van der Waals surface area contributed by atoms with E-state index in [1.165, 1.54) is 0 Å². The molecule has 0 bridgehead atoms. The van der Waals surface area contributed by atoms with E-state index >= 15 is 0 Å². The smallest absolute Gasteiger partial charge is 0.271 e. The number of aromatic nitrogens is 6. The van der Waals surface area contributed by atoms with Crippen molar-refractivity contribution in [1.29, 1.82) is 0 Å². The Kier molecular flexibility index (Phi) is 6.41. The van der Waals surface area contributed by atoms with Gasteiger partial charge in [0.25, 0.3) is 5.91 Å². The van der Waals surface area contributed by atoms with Crippen molar-refractivity contribution < 1.29 is 13.7 Å². The maximum Gasteiger partial charge on any atom is 0.271 e. The van der Waals surface area contributed by atoms with Gasteiger partial charge in [-0.25, -0.2) is 9.97 Å². The van der Waals surface area contributed by atoms with E-state index < -0.39 is 10.8 Å². The van der Waals surface area contributed by atoms with E-state index in [1.807, 2.05) is 30.9 Å². The zero-order valence-corrected chi connectivity index (χ0v) is 21.9. The van der Waals surface area contributed by atoms with Crippen LogP contribution in [0.3, 0.4) is 0 Å². The van der Waals surface area contributed by atoms with Gasteiger partial charge in [-0.05, 0) is 19.8 Å². The van der Waals surface area contributed by atoms with Crippen molar-refractivity contribution in [3.63, 3.8) is 0 Å². The van der Waals surface area contributed by atoms with Crippen LogP contribution in [0.15, 0.2) is 17.3 Å². The van der Waals surface area contributed by atoms with Crippen molar-refractivity contribution in [2.24, 2.45) is 7.05 Å². The maximum absolute atomic E-state index is 12.8. The molecule has 0 aromatic carbocycles. The molecule has 0 spiro atoms. The quantitative estimate of drug-likeness (QED) is 0.482. The van der Waals surface area contributed by atoms with Gasteiger partial charge in [-0.2, -0.15) is 10.1 Å². The summed E-state index contributed by atoms with van der Waals surface area (Å²) in [6.07, 6.45) is 6.19. The van der Waals surface area contributed by atoms with Crippen molar-refractivity contribution >= 4 is 28.5 Å². The number of carbonyl (C=O) groups is 1. The summed E-state index contributed by atoms with van der Waals surface area (Å²) < 4.78 is 21.9. The molecule has 2 N–H and O–H groups in total. The Bertz CT molecular complexity index is 1360. The third-order valence-electron chi connectivity index (χ3n) is 7.11. The fourth-order valence-corrected chi connectivity index (χ4v) is 6.39. The van der Waals surface area contributed by atoms with Gasteiger partial charge in [0, 0.05) is 76.1 Å². The second kappa shape index (κ2) is 9.86. The Morgan fingerprint density at radius 1 is 1.19 bits per heavy atom. The topological polar surface area (TPSA) is 132 Å². The highest BCUT2D eigenvalue weighted by molar-refractivity contribution is 7.85. The molecule has 1 amide bonds. The van der Waals surface area contributed by atoms with Crippen LogP contribution in [0.1, 0.15) is 46.1 Å². The number of fused-ring (bicyclic) bond motifs is 2. The number of aryl methyl sites for hydroxylation is 3. The Balaban J connectivity index is 1.18. The fourth-order valence-electron chi connectivity index (χ4n) is 5.08. The average Bonchev–Trinajstić information content (AvgIpc) is 3.58. The number of nitrogens with zero attached hydrogens (tertiary/aromatic N) is 7. The Morgan fingerprint density at radius 2 is 2.03 bits per heavy atom. The molecule has 0 radical (unpaired) electrons. The molecule has 6 rings (SSSR count). The van der Waals surface area contributed by atoms with Gasteiger partial charge in [-0.15, -0.1) is 0 Å². The lowest BCUT2D eigenvalue weighted by Gasteiger charge is -2.29. The molecule has 3 aliphatic heterocycles. The number of amides is 1. The van der Waals surface area contributed by atoms with Crippen LogP contribution in [0.5, 0.6) is 0 Å². The van der Waals surface area contributed by atoms with Gasteiger partial charge in [0.15, 0.2) is 0 Å². The summed E-state index contributed by atoms with van der Waals surface area (Å²) in [4.78, 5) is 29.9. The summed E-state index contributed by atoms with van der Waals surface area (Å²) in [5.74, 6) is 2.45. The molecule has 13 heteroatoms. The minimum absolute atomic E-state index is 0.212. The summed E-state index contributed by atoms with van der Waals surface area (Å²) in [6.45, 7) is 5.62. The summed E-state index contributed by atoms with van der Waals surface area (Å²) in [7, 11) is 0.778. The largest absolute Gasteiger partial charge is 0.381 e. The van der Waals surface area contributed by atoms with E-state index in [4.69, 9.17) is 14.7 Å². The predicted molar refractivity (Wildman–Crippen MR) is 137 cm³/mol. The Morgan fingerprint density at radius 3 is 2.81 bits per heavy atom. The number of imidazole rings is 1. The van der Waals surface area contributed by atoms with E-state index in [2.05, 4.69) is 25.6 Å². The van der Waals surface area contributed by atoms with Crippen LogP contribution in [0.25, 0.3) is 0 Å². The number of hydrogen-bond acceptors (Lipinski definition) is 9. The first-order chi connectivity index (χ1) is 17.9. The Labute approximate surface area is 217 Å². The normalized spacial score (nSPS) is 19.5. The second-order valence-corrected chi connectivity index (χ2v) is 11.2. The summed E-state index contributed by atoms with van der Waals surface area (Å²) in [5, 5.41) is 10.8. The molecule has 0 saturated carbocycles. The lowest BCUT2D eigenvalue weighted by Crippen LogP contribution is -2.35. The summed E-state index contributed by atoms with van der Waals surface area (Å²) >= 11 is 0. The van der Waals surface area contributed by atoms with Gasteiger partial charge in [0.2, 0.25) is 5.95 Å². The van der Waals surface area contributed by atoms with Crippen molar-refractivity contribution in [2.75, 3.05) is 35.7 Å². The van der Waals surface area contributed by atoms with Crippen LogP contribution in [0, 0.1) is 6.92 Å². The molecule has 12 nitrogen and oxygen atoms in total. The van der Waals surface area contributed by atoms with Crippen LogP contribution in [-0.4, -0.2) is 71.0 Å². The number of rotatable bonds is 6. The first kappa shape index (κ1) is 24.0. The van der Waals surface area contributed by atoms with E-state index in [0.717, 1.165) is 40.5 Å². The zero-order valence-electron chi connectivity index (χ0n) is 21.1. The number of ether oxygens (including phenoxy) is 1. The highest BCUT2D eigenvalue weighted by Crippen LogP contribution is 2.32. The third kappa shape index (κ3) is 4.85. The maximum atomic E-state index is 12.8. The van der Waals surface area contributed by atoms with Crippen LogP contribution >= 0.6 is 0 Å². The highest BCUT2D eigenvalue weighted by Gasteiger charge is 2.30. The number of anilines is 2. The van der Waals surface area contributed by atoms with Crippen molar-refractivity contribution in [3.05, 3.63) is 40.9 Å². The standard InChI is InChI=1S/C24H31N9O3S/c1-15-16(12-31(2)30-15)11-25-23(34)19-13-32-6-7-33(14-20(32)27-19)24-28-18-5-10-37(35)21(18)22(29-24)26-17-3-8-36-9-4-17/h12-13,17H,3-11,14H2,1-2H3,(H,25,34)(H,26,28,29). The molecule has 3 aromatic rings. The molecule has 6 heterocycles. The lowest BCUT2D eigenvalue weighted by atomic mass is 10.1. The van der Waals surface area contributed by atoms with E-state index in [-0.39, 0.29) is 11.9 Å². The van der Waals surface area contributed by atoms with Crippen molar-refractivity contribution in [1.82, 2.24) is 34.6 Å². The predicted octanol–water partition coefficient (Wildman–Crippen LogP) is 0.920. The second-order valence-electron chi connectivity index (χ2n) is 9.73. The molecular weight excluding hydrogens is 494 g/mol. The fraction of sp³-hybridized carbons (Fsp3) is 0.542. The molecule has 1 atom stereocenters. The minimum atomic E-state index is -1.08.